The predicted molar refractivity (Wildman–Crippen MR) is 141 cm³/mol. The molecule has 3 aromatic carbocycles. The summed E-state index contributed by atoms with van der Waals surface area (Å²) in [5.41, 5.74) is 1.24. The fourth-order valence-corrected chi connectivity index (χ4v) is 10.4. The largest absolute Gasteiger partial charge is 0.531 e. The second kappa shape index (κ2) is 9.96. The van der Waals surface area contributed by atoms with E-state index in [9.17, 15) is 0 Å². The van der Waals surface area contributed by atoms with Crippen molar-refractivity contribution in [3.8, 4) is 11.5 Å². The summed E-state index contributed by atoms with van der Waals surface area (Å²) in [4.78, 5) is 0. The topological polar surface area (TPSA) is 18.5 Å². The molecule has 0 spiro atoms. The van der Waals surface area contributed by atoms with Gasteiger partial charge in [0.15, 0.2) is 5.75 Å². The average molecular weight is 519 g/mol. The number of hydrogen-bond acceptors (Lipinski definition) is 2. The van der Waals surface area contributed by atoms with Crippen molar-refractivity contribution in [1.82, 2.24) is 0 Å². The zero-order chi connectivity index (χ0) is 21.8. The lowest BCUT2D eigenvalue weighted by molar-refractivity contribution is 0.388. The van der Waals surface area contributed by atoms with Crippen LogP contribution in [0.1, 0.15) is 26.3 Å². The molecule has 0 fully saturated rings. The van der Waals surface area contributed by atoms with Gasteiger partial charge in [-0.1, -0.05) is 112 Å². The third-order valence-electron chi connectivity index (χ3n) is 5.24. The van der Waals surface area contributed by atoms with Gasteiger partial charge < -0.3 is 9.16 Å². The van der Waals surface area contributed by atoms with Crippen molar-refractivity contribution < 1.29 is 9.16 Å². The Hall–Kier alpha value is -1.18. The van der Waals surface area contributed by atoms with Crippen LogP contribution >= 0.6 is 30.7 Å². The van der Waals surface area contributed by atoms with Crippen molar-refractivity contribution in [3.05, 3.63) is 84.4 Å². The van der Waals surface area contributed by atoms with Crippen LogP contribution in [-0.2, 0) is 6.16 Å². The minimum atomic E-state index is -2.69. The Labute approximate surface area is 193 Å². The SMILES string of the molecule is COc1ccc(CP(P)Br)cc1O[Si](c1ccccc1)(c1ccccc1)C(C)(C)C. The number of benzene rings is 3. The number of hydrogen-bond donors (Lipinski definition) is 0. The molecule has 0 aliphatic carbocycles. The Balaban J connectivity index is 2.24. The molecular formula is C24H29BrO2P2Si. The second-order valence-electron chi connectivity index (χ2n) is 8.31. The lowest BCUT2D eigenvalue weighted by Gasteiger charge is -2.43. The van der Waals surface area contributed by atoms with Crippen LogP contribution in [-0.4, -0.2) is 15.4 Å². The lowest BCUT2D eigenvalue weighted by atomic mass is 10.2. The van der Waals surface area contributed by atoms with E-state index in [0.717, 1.165) is 17.7 Å². The van der Waals surface area contributed by atoms with E-state index in [2.05, 4.69) is 118 Å². The summed E-state index contributed by atoms with van der Waals surface area (Å²) in [5, 5.41) is 2.41. The summed E-state index contributed by atoms with van der Waals surface area (Å²) in [7, 11) is 1.88. The van der Waals surface area contributed by atoms with Crippen molar-refractivity contribution in [2.24, 2.45) is 0 Å². The molecule has 0 aromatic heterocycles. The highest BCUT2D eigenvalue weighted by atomic mass is 79.9. The zero-order valence-corrected chi connectivity index (χ0v) is 22.6. The minimum Gasteiger partial charge on any atom is -0.531 e. The van der Waals surface area contributed by atoms with Gasteiger partial charge in [0, 0.05) is 6.16 Å². The molecule has 0 amide bonds. The maximum Gasteiger partial charge on any atom is 0.320 e. The Bertz CT molecular complexity index is 920. The third-order valence-corrected chi connectivity index (χ3v) is 12.1. The molecular weight excluding hydrogens is 490 g/mol. The quantitative estimate of drug-likeness (QED) is 0.255. The van der Waals surface area contributed by atoms with E-state index in [0.29, 0.717) is 0 Å². The number of ether oxygens (including phenoxy) is 1. The predicted octanol–water partition coefficient (Wildman–Crippen LogP) is 6.72. The highest BCUT2D eigenvalue weighted by Crippen LogP contribution is 2.55. The first-order valence-electron chi connectivity index (χ1n) is 9.93. The van der Waals surface area contributed by atoms with E-state index in [-0.39, 0.29) is 11.4 Å². The fourth-order valence-electron chi connectivity index (χ4n) is 3.89. The number of methoxy groups -OCH3 is 1. The first-order valence-corrected chi connectivity index (χ1v) is 17.0. The van der Waals surface area contributed by atoms with Gasteiger partial charge in [0.2, 0.25) is 0 Å². The second-order valence-corrected chi connectivity index (χ2v) is 20.5. The molecule has 3 rings (SSSR count). The smallest absolute Gasteiger partial charge is 0.320 e. The molecule has 0 saturated heterocycles. The third kappa shape index (κ3) is 5.00. The van der Waals surface area contributed by atoms with Crippen LogP contribution in [0.5, 0.6) is 11.5 Å². The van der Waals surface area contributed by atoms with Gasteiger partial charge in [-0.25, -0.2) is 0 Å². The molecule has 3 aromatic rings. The summed E-state index contributed by atoms with van der Waals surface area (Å²) >= 11 is 3.70. The van der Waals surface area contributed by atoms with Gasteiger partial charge in [-0.05, 0) is 39.4 Å². The standard InChI is InChI=1S/C24H29BrO2P2Si/c1-24(2,3)30(20-11-7-5-8-12-20,21-13-9-6-10-14-21)27-23-17-19(18-29(25)28)15-16-22(23)26-4/h5-17H,18,28H2,1-4H3. The summed E-state index contributed by atoms with van der Waals surface area (Å²) in [5.74, 6) is 1.59. The molecule has 158 valence electrons. The van der Waals surface area contributed by atoms with E-state index < -0.39 is 8.32 Å². The van der Waals surface area contributed by atoms with E-state index >= 15 is 0 Å². The fraction of sp³-hybridized carbons (Fsp3) is 0.250. The van der Waals surface area contributed by atoms with Gasteiger partial charge in [-0.2, -0.15) is 0 Å². The molecule has 0 aliphatic rings. The summed E-state index contributed by atoms with van der Waals surface area (Å²) in [6.45, 7) is 6.86. The number of halogens is 1. The minimum absolute atomic E-state index is 0.0978. The zero-order valence-electron chi connectivity index (χ0n) is 17.9. The van der Waals surface area contributed by atoms with E-state index in [1.165, 1.54) is 15.9 Å². The van der Waals surface area contributed by atoms with Crippen LogP contribution in [0.2, 0.25) is 5.04 Å². The summed E-state index contributed by atoms with van der Waals surface area (Å²) in [6.07, 6.45) is 0.657. The van der Waals surface area contributed by atoms with Gasteiger partial charge in [-0.15, -0.1) is 0 Å². The van der Waals surface area contributed by atoms with Crippen LogP contribution in [0.15, 0.2) is 78.9 Å². The van der Waals surface area contributed by atoms with Crippen molar-refractivity contribution in [2.45, 2.75) is 32.0 Å². The van der Waals surface area contributed by atoms with Crippen molar-refractivity contribution >= 4 is 49.4 Å². The molecule has 0 heterocycles. The molecule has 2 nitrogen and oxygen atoms in total. The van der Waals surface area contributed by atoms with Gasteiger partial charge in [0.25, 0.3) is 0 Å². The maximum absolute atomic E-state index is 7.18. The Morgan fingerprint density at radius 2 is 1.40 bits per heavy atom. The first kappa shape index (κ1) is 23.5. The molecule has 30 heavy (non-hydrogen) atoms. The first-order chi connectivity index (χ1) is 14.3. The van der Waals surface area contributed by atoms with Gasteiger partial charge >= 0.3 is 8.32 Å². The van der Waals surface area contributed by atoms with Crippen LogP contribution in [0.4, 0.5) is 0 Å². The Kier molecular flexibility index (Phi) is 7.79. The van der Waals surface area contributed by atoms with Gasteiger partial charge in [0.1, 0.15) is 5.75 Å². The monoisotopic (exact) mass is 518 g/mol. The van der Waals surface area contributed by atoms with Gasteiger partial charge in [-0.3, -0.25) is 0 Å². The average Bonchev–Trinajstić information content (AvgIpc) is 2.72. The van der Waals surface area contributed by atoms with Crippen molar-refractivity contribution in [2.75, 3.05) is 7.11 Å². The molecule has 0 saturated carbocycles. The number of rotatable bonds is 7. The van der Waals surface area contributed by atoms with E-state index in [4.69, 9.17) is 9.16 Å². The molecule has 2 unspecified atom stereocenters. The van der Waals surface area contributed by atoms with Gasteiger partial charge in [0.05, 0.1) is 7.11 Å². The Morgan fingerprint density at radius 1 is 0.867 bits per heavy atom. The van der Waals surface area contributed by atoms with Crippen molar-refractivity contribution in [1.29, 1.82) is 0 Å². The normalized spacial score (nSPS) is 13.0. The van der Waals surface area contributed by atoms with Crippen LogP contribution in [0, 0.1) is 0 Å². The molecule has 0 radical (unpaired) electrons. The molecule has 0 bridgehead atoms. The van der Waals surface area contributed by atoms with Crippen LogP contribution in [0.25, 0.3) is 0 Å². The summed E-state index contributed by atoms with van der Waals surface area (Å²) in [6, 6.07) is 27.7. The van der Waals surface area contributed by atoms with Crippen LogP contribution in [0.3, 0.4) is 0 Å². The molecule has 0 N–H and O–H groups in total. The van der Waals surface area contributed by atoms with E-state index in [1.54, 1.807) is 7.11 Å². The molecule has 0 aliphatic heterocycles. The lowest BCUT2D eigenvalue weighted by Crippen LogP contribution is -2.68. The maximum atomic E-state index is 7.18. The van der Waals surface area contributed by atoms with Crippen LogP contribution < -0.4 is 19.5 Å². The summed E-state index contributed by atoms with van der Waals surface area (Å²) < 4.78 is 12.9. The van der Waals surface area contributed by atoms with Crippen molar-refractivity contribution in [3.63, 3.8) is 0 Å². The highest BCUT2D eigenvalue weighted by molar-refractivity contribution is 9.44. The highest BCUT2D eigenvalue weighted by Gasteiger charge is 2.52. The molecule has 2 atom stereocenters. The Morgan fingerprint density at radius 3 is 1.83 bits per heavy atom. The molecule has 6 heteroatoms. The van der Waals surface area contributed by atoms with E-state index in [1.807, 2.05) is 6.07 Å².